The highest BCUT2D eigenvalue weighted by Gasteiger charge is 2.35. The Morgan fingerprint density at radius 3 is 2.54 bits per heavy atom. The summed E-state index contributed by atoms with van der Waals surface area (Å²) in [5, 5.41) is 0.148. The van der Waals surface area contributed by atoms with Crippen LogP contribution in [-0.4, -0.2) is 27.7 Å². The van der Waals surface area contributed by atoms with E-state index in [-0.39, 0.29) is 16.4 Å². The molecule has 1 aromatic heterocycles. The molecule has 1 aliphatic rings. The summed E-state index contributed by atoms with van der Waals surface area (Å²) in [5.41, 5.74) is 5.60. The lowest BCUT2D eigenvalue weighted by Crippen LogP contribution is -2.29. The van der Waals surface area contributed by atoms with E-state index >= 15 is 0 Å². The number of amides is 1. The number of hydrogen-bond acceptors (Lipinski definition) is 4. The molecule has 126 valence electrons. The number of anilines is 1. The first-order valence-electron chi connectivity index (χ1n) is 8.28. The molecule has 1 aromatic carbocycles. The Morgan fingerprint density at radius 2 is 1.92 bits per heavy atom. The molecule has 5 heteroatoms. The Kier molecular flexibility index (Phi) is 4.90. The van der Waals surface area contributed by atoms with Gasteiger partial charge < -0.3 is 4.90 Å². The lowest BCUT2D eigenvalue weighted by Gasteiger charge is -2.22. The van der Waals surface area contributed by atoms with Gasteiger partial charge in [-0.15, -0.1) is 11.8 Å². The molecule has 1 amide bonds. The zero-order chi connectivity index (χ0) is 17.3. The van der Waals surface area contributed by atoms with Crippen LogP contribution < -0.4 is 4.90 Å². The second-order valence-corrected chi connectivity index (χ2v) is 7.97. The number of aromatic nitrogens is 2. The third-order valence-electron chi connectivity index (χ3n) is 4.43. The van der Waals surface area contributed by atoms with E-state index in [1.807, 2.05) is 4.90 Å². The lowest BCUT2D eigenvalue weighted by molar-refractivity contribution is -0.116. The number of carbonyl (C=O) groups is 1. The largest absolute Gasteiger partial charge is 0.311 e. The highest BCUT2D eigenvalue weighted by atomic mass is 32.2. The quantitative estimate of drug-likeness (QED) is 0.843. The highest BCUT2D eigenvalue weighted by molar-refractivity contribution is 8.00. The maximum absolute atomic E-state index is 12.9. The van der Waals surface area contributed by atoms with Crippen molar-refractivity contribution in [3.05, 3.63) is 53.1 Å². The van der Waals surface area contributed by atoms with Gasteiger partial charge in [0.1, 0.15) is 0 Å². The van der Waals surface area contributed by atoms with E-state index in [0.717, 1.165) is 24.3 Å². The van der Waals surface area contributed by atoms with Crippen LogP contribution in [0.15, 0.2) is 30.7 Å². The Hall–Kier alpha value is -1.88. The normalized spacial score (nSPS) is 18.9. The van der Waals surface area contributed by atoms with E-state index in [1.165, 1.54) is 16.7 Å². The zero-order valence-electron chi connectivity index (χ0n) is 14.6. The smallest absolute Gasteiger partial charge is 0.240 e. The van der Waals surface area contributed by atoms with Gasteiger partial charge in [-0.2, -0.15) is 0 Å². The van der Waals surface area contributed by atoms with Crippen LogP contribution >= 0.6 is 11.8 Å². The van der Waals surface area contributed by atoms with Crippen LogP contribution in [0.3, 0.4) is 0 Å². The predicted octanol–water partition coefficient (Wildman–Crippen LogP) is 4.00. The summed E-state index contributed by atoms with van der Waals surface area (Å²) < 4.78 is 0. The summed E-state index contributed by atoms with van der Waals surface area (Å²) in [5.74, 6) is 0.214. The molecule has 0 radical (unpaired) electrons. The standard InChI is InChI=1S/C19H23N3OS/c1-12-9-13(2)18(14(3)10-12)22-8-5-17(19(22)23)24-15(4)16-11-20-6-7-21-16/h6-7,9-11,15,17H,5,8H2,1-4H3/t15-,17+/m0/s1. The molecule has 4 nitrogen and oxygen atoms in total. The van der Waals surface area contributed by atoms with Crippen LogP contribution in [0, 0.1) is 20.8 Å². The van der Waals surface area contributed by atoms with E-state index in [9.17, 15) is 4.79 Å². The first kappa shape index (κ1) is 17.0. The molecule has 1 fully saturated rings. The van der Waals surface area contributed by atoms with Gasteiger partial charge in [0.2, 0.25) is 5.91 Å². The predicted molar refractivity (Wildman–Crippen MR) is 99.4 cm³/mol. The Bertz CT molecular complexity index is 725. The minimum Gasteiger partial charge on any atom is -0.311 e. The van der Waals surface area contributed by atoms with Crippen molar-refractivity contribution in [2.24, 2.45) is 0 Å². The number of rotatable bonds is 4. The second-order valence-electron chi connectivity index (χ2n) is 6.42. The van der Waals surface area contributed by atoms with Gasteiger partial charge in [0.05, 0.1) is 10.9 Å². The van der Waals surface area contributed by atoms with E-state index in [2.05, 4.69) is 49.8 Å². The fraction of sp³-hybridized carbons (Fsp3) is 0.421. The van der Waals surface area contributed by atoms with Gasteiger partial charge in [-0.25, -0.2) is 0 Å². The number of aryl methyl sites for hydroxylation is 3. The van der Waals surface area contributed by atoms with Gasteiger partial charge >= 0.3 is 0 Å². The van der Waals surface area contributed by atoms with Crippen molar-refractivity contribution in [1.29, 1.82) is 0 Å². The van der Waals surface area contributed by atoms with Crippen molar-refractivity contribution in [3.63, 3.8) is 0 Å². The number of carbonyl (C=O) groups excluding carboxylic acids is 1. The maximum atomic E-state index is 12.9. The second kappa shape index (κ2) is 6.93. The molecule has 24 heavy (non-hydrogen) atoms. The summed E-state index contributed by atoms with van der Waals surface area (Å²) >= 11 is 1.69. The van der Waals surface area contributed by atoms with Crippen molar-refractivity contribution in [2.45, 2.75) is 44.6 Å². The third-order valence-corrected chi connectivity index (χ3v) is 5.85. The van der Waals surface area contributed by atoms with Crippen LogP contribution in [0.2, 0.25) is 0 Å². The lowest BCUT2D eigenvalue weighted by atomic mass is 10.0. The first-order chi connectivity index (χ1) is 11.5. The van der Waals surface area contributed by atoms with Crippen molar-refractivity contribution in [3.8, 4) is 0 Å². The molecule has 0 saturated carbocycles. The highest BCUT2D eigenvalue weighted by Crippen LogP contribution is 2.38. The van der Waals surface area contributed by atoms with Crippen LogP contribution in [0.4, 0.5) is 5.69 Å². The molecule has 0 spiro atoms. The third kappa shape index (κ3) is 3.31. The number of hydrogen-bond donors (Lipinski definition) is 0. The topological polar surface area (TPSA) is 46.1 Å². The molecule has 2 atom stereocenters. The summed E-state index contributed by atoms with van der Waals surface area (Å²) in [6.45, 7) is 9.15. The minimum atomic E-state index is -0.0119. The van der Waals surface area contributed by atoms with Gasteiger partial charge in [-0.05, 0) is 45.2 Å². The molecule has 0 unspecified atom stereocenters. The van der Waals surface area contributed by atoms with E-state index < -0.39 is 0 Å². The van der Waals surface area contributed by atoms with Gasteiger partial charge in [-0.3, -0.25) is 14.8 Å². The number of nitrogens with zero attached hydrogens (tertiary/aromatic N) is 3. The van der Waals surface area contributed by atoms with Crippen molar-refractivity contribution >= 4 is 23.4 Å². The SMILES string of the molecule is Cc1cc(C)c(N2CC[C@@H](S[C@@H](C)c3cnccn3)C2=O)c(C)c1. The maximum Gasteiger partial charge on any atom is 0.240 e. The number of benzene rings is 1. The first-order valence-corrected chi connectivity index (χ1v) is 9.22. The zero-order valence-corrected chi connectivity index (χ0v) is 15.4. The average Bonchev–Trinajstić information content (AvgIpc) is 2.88. The van der Waals surface area contributed by atoms with Crippen LogP contribution in [0.5, 0.6) is 0 Å². The van der Waals surface area contributed by atoms with Crippen LogP contribution in [0.1, 0.15) is 41.0 Å². The average molecular weight is 341 g/mol. The monoisotopic (exact) mass is 341 g/mol. The Balaban J connectivity index is 1.76. The fourth-order valence-corrected chi connectivity index (χ4v) is 4.68. The van der Waals surface area contributed by atoms with Crippen molar-refractivity contribution < 1.29 is 4.79 Å². The minimum absolute atomic E-state index is 0.0119. The summed E-state index contributed by atoms with van der Waals surface area (Å²) in [6.07, 6.45) is 6.03. The fourth-order valence-electron chi connectivity index (χ4n) is 3.44. The molecule has 0 bridgehead atoms. The van der Waals surface area contributed by atoms with E-state index in [4.69, 9.17) is 0 Å². The summed E-state index contributed by atoms with van der Waals surface area (Å²) in [4.78, 5) is 23.4. The van der Waals surface area contributed by atoms with Gasteiger partial charge in [-0.1, -0.05) is 17.7 Å². The van der Waals surface area contributed by atoms with Crippen molar-refractivity contribution in [2.75, 3.05) is 11.4 Å². The molecular weight excluding hydrogens is 318 g/mol. The molecule has 3 rings (SSSR count). The molecule has 2 heterocycles. The van der Waals surface area contributed by atoms with Gasteiger partial charge in [0, 0.05) is 36.1 Å². The number of thioether (sulfide) groups is 1. The molecule has 0 aliphatic carbocycles. The summed E-state index contributed by atoms with van der Waals surface area (Å²) in [6, 6.07) is 4.30. The molecular formula is C19H23N3OS. The van der Waals surface area contributed by atoms with Crippen molar-refractivity contribution in [1.82, 2.24) is 9.97 Å². The van der Waals surface area contributed by atoms with Crippen LogP contribution in [0.25, 0.3) is 0 Å². The van der Waals surface area contributed by atoms with E-state index in [0.29, 0.717) is 0 Å². The van der Waals surface area contributed by atoms with E-state index in [1.54, 1.807) is 30.4 Å². The molecule has 1 saturated heterocycles. The van der Waals surface area contributed by atoms with Crippen LogP contribution in [-0.2, 0) is 4.79 Å². The Morgan fingerprint density at radius 1 is 1.21 bits per heavy atom. The molecule has 0 N–H and O–H groups in total. The Labute approximate surface area is 147 Å². The molecule has 2 aromatic rings. The molecule has 1 aliphatic heterocycles. The summed E-state index contributed by atoms with van der Waals surface area (Å²) in [7, 11) is 0. The van der Waals surface area contributed by atoms with Gasteiger partial charge in [0.15, 0.2) is 0 Å². The van der Waals surface area contributed by atoms with Gasteiger partial charge in [0.25, 0.3) is 0 Å².